The minimum absolute atomic E-state index is 0.131. The van der Waals surface area contributed by atoms with Crippen LogP contribution in [0.25, 0.3) is 0 Å². The molecule has 0 aliphatic rings. The molecule has 0 amide bonds. The smallest absolute Gasteiger partial charge is 0.337 e. The number of nitriles is 1. The van der Waals surface area contributed by atoms with Crippen molar-refractivity contribution < 1.29 is 9.90 Å². The van der Waals surface area contributed by atoms with Crippen LogP contribution in [0.2, 0.25) is 0 Å². The fourth-order valence-electron chi connectivity index (χ4n) is 1.51. The van der Waals surface area contributed by atoms with E-state index in [1.54, 1.807) is 18.2 Å². The third-order valence-electron chi connectivity index (χ3n) is 2.42. The summed E-state index contributed by atoms with van der Waals surface area (Å²) in [5, 5.41) is 20.8. The van der Waals surface area contributed by atoms with Gasteiger partial charge in [0.2, 0.25) is 0 Å². The number of benzene rings is 1. The topological polar surface area (TPSA) is 86.0 Å². The van der Waals surface area contributed by atoms with Gasteiger partial charge in [-0.05, 0) is 40.2 Å². The van der Waals surface area contributed by atoms with Crippen molar-refractivity contribution in [2.75, 3.05) is 5.32 Å². The highest BCUT2D eigenvalue weighted by atomic mass is 79.9. The van der Waals surface area contributed by atoms with E-state index in [2.05, 4.69) is 26.2 Å². The van der Waals surface area contributed by atoms with Crippen LogP contribution >= 0.6 is 15.9 Å². The Morgan fingerprint density at radius 1 is 1.37 bits per heavy atom. The maximum atomic E-state index is 11.1. The quantitative estimate of drug-likeness (QED) is 0.908. The number of carboxylic acid groups (broad SMARTS) is 1. The first kappa shape index (κ1) is 13.1. The van der Waals surface area contributed by atoms with E-state index in [1.807, 2.05) is 6.07 Å². The Labute approximate surface area is 117 Å². The largest absolute Gasteiger partial charge is 0.478 e. The van der Waals surface area contributed by atoms with Gasteiger partial charge in [0, 0.05) is 10.7 Å². The van der Waals surface area contributed by atoms with Crippen LogP contribution in [0.1, 0.15) is 15.9 Å². The van der Waals surface area contributed by atoms with Gasteiger partial charge in [0.25, 0.3) is 0 Å². The van der Waals surface area contributed by atoms with E-state index in [4.69, 9.17) is 10.4 Å². The maximum absolute atomic E-state index is 11.1. The number of aromatic nitrogens is 1. The van der Waals surface area contributed by atoms with Crippen molar-refractivity contribution in [2.24, 2.45) is 0 Å². The predicted molar refractivity (Wildman–Crippen MR) is 73.3 cm³/mol. The monoisotopic (exact) mass is 317 g/mol. The molecule has 94 valence electrons. The molecule has 1 heterocycles. The van der Waals surface area contributed by atoms with E-state index in [9.17, 15) is 4.79 Å². The average molecular weight is 318 g/mol. The van der Waals surface area contributed by atoms with Crippen LogP contribution in [-0.4, -0.2) is 16.1 Å². The molecule has 0 spiro atoms. The van der Waals surface area contributed by atoms with Gasteiger partial charge in [0.05, 0.1) is 34.8 Å². The van der Waals surface area contributed by atoms with Crippen molar-refractivity contribution in [1.82, 2.24) is 4.98 Å². The second kappa shape index (κ2) is 5.50. The standard InChI is InChI=1S/C13H8BrN3O2/c14-10-5-8(6-15)1-2-11(10)17-12-7-16-4-3-9(12)13(18)19/h1-5,7,17H,(H,18,19). The first-order valence-corrected chi connectivity index (χ1v) is 6.05. The predicted octanol–water partition coefficient (Wildman–Crippen LogP) is 3.16. The third kappa shape index (κ3) is 2.89. The Morgan fingerprint density at radius 3 is 2.79 bits per heavy atom. The van der Waals surface area contributed by atoms with Gasteiger partial charge in [-0.3, -0.25) is 4.98 Å². The van der Waals surface area contributed by atoms with E-state index < -0.39 is 5.97 Å². The molecular formula is C13H8BrN3O2. The van der Waals surface area contributed by atoms with Crippen LogP contribution in [0, 0.1) is 11.3 Å². The Morgan fingerprint density at radius 2 is 2.16 bits per heavy atom. The van der Waals surface area contributed by atoms with Crippen LogP contribution in [0.4, 0.5) is 11.4 Å². The number of rotatable bonds is 3. The number of hydrogen-bond acceptors (Lipinski definition) is 4. The minimum atomic E-state index is -1.03. The first-order valence-electron chi connectivity index (χ1n) is 5.26. The number of halogens is 1. The number of aromatic carboxylic acids is 1. The second-order valence-electron chi connectivity index (χ2n) is 3.66. The van der Waals surface area contributed by atoms with E-state index in [1.165, 1.54) is 18.5 Å². The number of nitrogens with one attached hydrogen (secondary N) is 1. The zero-order valence-corrected chi connectivity index (χ0v) is 11.2. The van der Waals surface area contributed by atoms with Crippen LogP contribution in [0.3, 0.4) is 0 Å². The van der Waals surface area contributed by atoms with Crippen LogP contribution < -0.4 is 5.32 Å². The molecule has 0 fully saturated rings. The summed E-state index contributed by atoms with van der Waals surface area (Å²) in [5.41, 5.74) is 1.70. The molecule has 0 aliphatic heterocycles. The molecule has 1 aromatic heterocycles. The number of hydrogen-bond donors (Lipinski definition) is 2. The second-order valence-corrected chi connectivity index (χ2v) is 4.51. The highest BCUT2D eigenvalue weighted by Crippen LogP contribution is 2.28. The SMILES string of the molecule is N#Cc1ccc(Nc2cnccc2C(=O)O)c(Br)c1. The highest BCUT2D eigenvalue weighted by molar-refractivity contribution is 9.10. The lowest BCUT2D eigenvalue weighted by Gasteiger charge is -2.10. The molecule has 0 unspecified atom stereocenters. The van der Waals surface area contributed by atoms with E-state index >= 15 is 0 Å². The molecule has 2 N–H and O–H groups in total. The maximum Gasteiger partial charge on any atom is 0.337 e. The average Bonchev–Trinajstić information content (AvgIpc) is 2.41. The molecule has 0 saturated carbocycles. The van der Waals surface area contributed by atoms with Crippen LogP contribution in [0.5, 0.6) is 0 Å². The number of carbonyl (C=O) groups is 1. The fraction of sp³-hybridized carbons (Fsp3) is 0. The van der Waals surface area contributed by atoms with Gasteiger partial charge < -0.3 is 10.4 Å². The summed E-state index contributed by atoms with van der Waals surface area (Å²) in [7, 11) is 0. The Kier molecular flexibility index (Phi) is 3.78. The van der Waals surface area contributed by atoms with Crippen LogP contribution in [-0.2, 0) is 0 Å². The molecule has 2 rings (SSSR count). The first-order chi connectivity index (χ1) is 9.11. The van der Waals surface area contributed by atoms with Crippen molar-refractivity contribution in [3.8, 4) is 6.07 Å². The molecule has 0 bridgehead atoms. The fourth-order valence-corrected chi connectivity index (χ4v) is 1.99. The lowest BCUT2D eigenvalue weighted by Crippen LogP contribution is -2.03. The summed E-state index contributed by atoms with van der Waals surface area (Å²) in [6.07, 6.45) is 2.86. The summed E-state index contributed by atoms with van der Waals surface area (Å²) in [6.45, 7) is 0. The summed E-state index contributed by atoms with van der Waals surface area (Å²) in [4.78, 5) is 15.0. The van der Waals surface area contributed by atoms with E-state index in [0.717, 1.165) is 0 Å². The van der Waals surface area contributed by atoms with Gasteiger partial charge >= 0.3 is 5.97 Å². The highest BCUT2D eigenvalue weighted by Gasteiger charge is 2.11. The van der Waals surface area contributed by atoms with Crippen molar-refractivity contribution >= 4 is 33.3 Å². The molecule has 19 heavy (non-hydrogen) atoms. The molecular weight excluding hydrogens is 310 g/mol. The molecule has 0 saturated heterocycles. The van der Waals surface area contributed by atoms with Gasteiger partial charge in [-0.1, -0.05) is 0 Å². The number of anilines is 2. The van der Waals surface area contributed by atoms with Crippen molar-refractivity contribution in [3.63, 3.8) is 0 Å². The molecule has 0 atom stereocenters. The summed E-state index contributed by atoms with van der Waals surface area (Å²) in [6, 6.07) is 8.43. The number of pyridine rings is 1. The Balaban J connectivity index is 2.37. The molecule has 2 aromatic rings. The van der Waals surface area contributed by atoms with Gasteiger partial charge in [0.15, 0.2) is 0 Å². The minimum Gasteiger partial charge on any atom is -0.478 e. The van der Waals surface area contributed by atoms with Gasteiger partial charge in [-0.2, -0.15) is 5.26 Å². The van der Waals surface area contributed by atoms with Crippen molar-refractivity contribution in [2.45, 2.75) is 0 Å². The number of nitrogens with zero attached hydrogens (tertiary/aromatic N) is 2. The summed E-state index contributed by atoms with van der Waals surface area (Å²) < 4.78 is 0.673. The van der Waals surface area contributed by atoms with Crippen molar-refractivity contribution in [3.05, 3.63) is 52.3 Å². The van der Waals surface area contributed by atoms with Gasteiger partial charge in [-0.25, -0.2) is 4.79 Å². The van der Waals surface area contributed by atoms with Gasteiger partial charge in [0.1, 0.15) is 0 Å². The van der Waals surface area contributed by atoms with E-state index in [-0.39, 0.29) is 5.56 Å². The molecule has 1 aromatic carbocycles. The summed E-state index contributed by atoms with van der Waals surface area (Å²) >= 11 is 3.33. The van der Waals surface area contributed by atoms with Crippen LogP contribution in [0.15, 0.2) is 41.1 Å². The molecule has 5 nitrogen and oxygen atoms in total. The Hall–Kier alpha value is -2.39. The lowest BCUT2D eigenvalue weighted by molar-refractivity contribution is 0.0698. The van der Waals surface area contributed by atoms with Gasteiger partial charge in [-0.15, -0.1) is 0 Å². The van der Waals surface area contributed by atoms with Crippen molar-refractivity contribution in [1.29, 1.82) is 5.26 Å². The zero-order valence-electron chi connectivity index (χ0n) is 9.59. The normalized spacial score (nSPS) is 9.68. The zero-order chi connectivity index (χ0) is 13.8. The molecule has 0 radical (unpaired) electrons. The number of carboxylic acids is 1. The molecule has 6 heteroatoms. The molecule has 0 aliphatic carbocycles. The van der Waals surface area contributed by atoms with E-state index in [0.29, 0.717) is 21.4 Å². The Bertz CT molecular complexity index is 680. The lowest BCUT2D eigenvalue weighted by atomic mass is 10.2. The third-order valence-corrected chi connectivity index (χ3v) is 3.08. The summed E-state index contributed by atoms with van der Waals surface area (Å²) in [5.74, 6) is -1.03.